The normalized spacial score (nSPS) is 13.9. The van der Waals surface area contributed by atoms with Crippen molar-refractivity contribution in [1.29, 1.82) is 0 Å². The number of ketones is 1. The van der Waals surface area contributed by atoms with Gasteiger partial charge in [-0.2, -0.15) is 0 Å². The Morgan fingerprint density at radius 3 is 2.31 bits per heavy atom. The van der Waals surface area contributed by atoms with E-state index in [1.54, 1.807) is 42.0 Å². The first-order valence-corrected chi connectivity index (χ1v) is 9.23. The summed E-state index contributed by atoms with van der Waals surface area (Å²) in [5.74, 6) is -1.75. The third-order valence-corrected chi connectivity index (χ3v) is 5.16. The van der Waals surface area contributed by atoms with Crippen LogP contribution in [0.3, 0.4) is 0 Å². The van der Waals surface area contributed by atoms with E-state index in [1.807, 2.05) is 36.4 Å². The maximum Gasteiger partial charge on any atom is 0.310 e. The first kappa shape index (κ1) is 20.2. The smallest absolute Gasteiger partial charge is 0.310 e. The molecule has 0 aliphatic heterocycles. The molecular weight excluding hydrogens is 368 g/mol. The number of imidazole rings is 1. The van der Waals surface area contributed by atoms with E-state index in [4.69, 9.17) is 4.74 Å². The first-order valence-electron chi connectivity index (χ1n) is 9.23. The minimum absolute atomic E-state index is 0.200. The fourth-order valence-corrected chi connectivity index (χ4v) is 3.41. The van der Waals surface area contributed by atoms with Gasteiger partial charge in [0.25, 0.3) is 0 Å². The molecule has 2 atom stereocenters. The third kappa shape index (κ3) is 4.01. The predicted molar refractivity (Wildman–Crippen MR) is 108 cm³/mol. The Morgan fingerprint density at radius 1 is 1.10 bits per heavy atom. The second-order valence-electron chi connectivity index (χ2n) is 6.93. The van der Waals surface area contributed by atoms with Crippen LogP contribution >= 0.6 is 0 Å². The van der Waals surface area contributed by atoms with Crippen LogP contribution in [-0.2, 0) is 19.7 Å². The summed E-state index contributed by atoms with van der Waals surface area (Å²) in [6.07, 6.45) is 3.72. The number of aromatic nitrogens is 2. The lowest BCUT2D eigenvalue weighted by Gasteiger charge is -2.31. The molecule has 0 N–H and O–H groups in total. The van der Waals surface area contributed by atoms with E-state index >= 15 is 0 Å². The van der Waals surface area contributed by atoms with Gasteiger partial charge in [0, 0.05) is 24.5 Å². The van der Waals surface area contributed by atoms with Crippen LogP contribution in [0.4, 0.5) is 0 Å². The Balaban J connectivity index is 1.97. The summed E-state index contributed by atoms with van der Waals surface area (Å²) in [7, 11) is 1.25. The molecule has 29 heavy (non-hydrogen) atoms. The van der Waals surface area contributed by atoms with Crippen molar-refractivity contribution < 1.29 is 19.1 Å². The number of Topliss-reactive ketones (excluding diaryl/α,β-unsaturated/α-hetero) is 1. The minimum atomic E-state index is -1.21. The Labute approximate surface area is 169 Å². The third-order valence-electron chi connectivity index (χ3n) is 5.16. The molecule has 0 saturated heterocycles. The molecule has 0 radical (unpaired) electrons. The first-order chi connectivity index (χ1) is 14.0. The molecule has 6 nitrogen and oxygen atoms in total. The van der Waals surface area contributed by atoms with Gasteiger partial charge in [-0.25, -0.2) is 4.98 Å². The fraction of sp³-hybridized carbons (Fsp3) is 0.217. The van der Waals surface area contributed by atoms with Gasteiger partial charge in [-0.05, 0) is 24.6 Å². The lowest BCUT2D eigenvalue weighted by atomic mass is 9.70. The molecule has 2 aromatic carbocycles. The highest BCUT2D eigenvalue weighted by Gasteiger charge is 2.43. The summed E-state index contributed by atoms with van der Waals surface area (Å²) in [6, 6.07) is 18.2. The number of ether oxygens (including phenoxy) is 1. The second kappa shape index (κ2) is 8.65. The van der Waals surface area contributed by atoms with Crippen molar-refractivity contribution in [3.8, 4) is 5.69 Å². The van der Waals surface area contributed by atoms with Crippen molar-refractivity contribution in [2.24, 2.45) is 5.92 Å². The van der Waals surface area contributed by atoms with E-state index in [0.717, 1.165) is 5.69 Å². The largest absolute Gasteiger partial charge is 0.469 e. The number of rotatable bonds is 8. The van der Waals surface area contributed by atoms with Crippen molar-refractivity contribution in [2.75, 3.05) is 7.11 Å². The van der Waals surface area contributed by atoms with E-state index in [0.29, 0.717) is 11.8 Å². The molecule has 1 heterocycles. The molecule has 0 aliphatic rings. The topological polar surface area (TPSA) is 78.3 Å². The molecule has 148 valence electrons. The van der Waals surface area contributed by atoms with Crippen molar-refractivity contribution in [3.05, 3.63) is 84.4 Å². The molecule has 0 bridgehead atoms. The van der Waals surface area contributed by atoms with Crippen LogP contribution in [0.2, 0.25) is 0 Å². The van der Waals surface area contributed by atoms with Crippen molar-refractivity contribution in [2.45, 2.75) is 18.8 Å². The lowest BCUT2D eigenvalue weighted by molar-refractivity contribution is -0.149. The molecular formula is C23H22N2O4. The van der Waals surface area contributed by atoms with Crippen LogP contribution in [0.1, 0.15) is 29.5 Å². The zero-order valence-electron chi connectivity index (χ0n) is 16.3. The van der Waals surface area contributed by atoms with Crippen LogP contribution < -0.4 is 0 Å². The van der Waals surface area contributed by atoms with E-state index in [1.165, 1.54) is 13.3 Å². The number of carbonyl (C=O) groups excluding carboxylic acids is 3. The average Bonchev–Trinajstić information content (AvgIpc) is 3.27. The molecule has 1 aromatic heterocycles. The van der Waals surface area contributed by atoms with Gasteiger partial charge >= 0.3 is 5.97 Å². The summed E-state index contributed by atoms with van der Waals surface area (Å²) >= 11 is 0. The number of esters is 1. The van der Waals surface area contributed by atoms with Gasteiger partial charge < -0.3 is 9.53 Å². The highest BCUT2D eigenvalue weighted by Crippen LogP contribution is 2.34. The molecule has 3 aromatic rings. The second-order valence-corrected chi connectivity index (χ2v) is 6.93. The van der Waals surface area contributed by atoms with Crippen LogP contribution in [0, 0.1) is 5.92 Å². The number of benzene rings is 2. The van der Waals surface area contributed by atoms with Crippen LogP contribution in [0.15, 0.2) is 73.1 Å². The van der Waals surface area contributed by atoms with Crippen molar-refractivity contribution >= 4 is 18.0 Å². The molecule has 0 unspecified atom stereocenters. The Kier molecular flexibility index (Phi) is 6.02. The van der Waals surface area contributed by atoms with Gasteiger partial charge in [-0.1, -0.05) is 48.5 Å². The number of hydrogen-bond donors (Lipinski definition) is 0. The number of carbonyl (C=O) groups is 3. The average molecular weight is 390 g/mol. The quantitative estimate of drug-likeness (QED) is 0.335. The molecule has 0 saturated carbocycles. The van der Waals surface area contributed by atoms with Gasteiger partial charge in [-0.15, -0.1) is 0 Å². The lowest BCUT2D eigenvalue weighted by Crippen LogP contribution is -2.41. The molecule has 0 aliphatic carbocycles. The van der Waals surface area contributed by atoms with Gasteiger partial charge in [0.15, 0.2) is 11.6 Å². The van der Waals surface area contributed by atoms with Crippen LogP contribution in [0.25, 0.3) is 5.69 Å². The summed E-state index contributed by atoms with van der Waals surface area (Å²) in [5, 5.41) is 0. The summed E-state index contributed by atoms with van der Waals surface area (Å²) in [4.78, 5) is 42.0. The molecule has 3 rings (SSSR count). The number of nitrogens with zero attached hydrogens (tertiary/aromatic N) is 2. The van der Waals surface area contributed by atoms with Gasteiger partial charge in [0.2, 0.25) is 0 Å². The number of hydrogen-bond acceptors (Lipinski definition) is 5. The van der Waals surface area contributed by atoms with E-state index < -0.39 is 17.3 Å². The zero-order chi connectivity index (χ0) is 20.9. The number of para-hydroxylation sites is 1. The summed E-state index contributed by atoms with van der Waals surface area (Å²) in [5.41, 5.74) is 0.211. The molecule has 0 fully saturated rings. The Hall–Kier alpha value is -3.54. The van der Waals surface area contributed by atoms with Crippen molar-refractivity contribution in [1.82, 2.24) is 9.55 Å². The highest BCUT2D eigenvalue weighted by atomic mass is 16.5. The zero-order valence-corrected chi connectivity index (χ0v) is 16.3. The number of methoxy groups -OCH3 is 1. The van der Waals surface area contributed by atoms with Gasteiger partial charge in [0.1, 0.15) is 6.29 Å². The Morgan fingerprint density at radius 2 is 1.72 bits per heavy atom. The van der Waals surface area contributed by atoms with Crippen LogP contribution in [-0.4, -0.2) is 34.7 Å². The van der Waals surface area contributed by atoms with Gasteiger partial charge in [-0.3, -0.25) is 14.2 Å². The number of aldehydes is 1. The molecule has 6 heteroatoms. The summed E-state index contributed by atoms with van der Waals surface area (Å²) in [6.45, 7) is 1.65. The highest BCUT2D eigenvalue weighted by molar-refractivity contribution is 5.97. The summed E-state index contributed by atoms with van der Waals surface area (Å²) < 4.78 is 6.60. The van der Waals surface area contributed by atoms with E-state index in [-0.39, 0.29) is 18.0 Å². The Bertz CT molecular complexity index is 998. The maximum absolute atomic E-state index is 13.1. The standard InChI is InChI=1S/C23H22N2O4/c1-23(16-26,17-9-5-3-6-10-17)19(22(28)29-2)15-20(27)21-24-13-14-25(21)18-11-7-4-8-12-18/h3-14,16,19H,15H2,1-2H3/t19-,23+/m0/s1. The molecule has 0 amide bonds. The van der Waals surface area contributed by atoms with E-state index in [2.05, 4.69) is 4.98 Å². The molecule has 0 spiro atoms. The maximum atomic E-state index is 13.1. The van der Waals surface area contributed by atoms with E-state index in [9.17, 15) is 14.4 Å². The minimum Gasteiger partial charge on any atom is -0.469 e. The monoisotopic (exact) mass is 390 g/mol. The van der Waals surface area contributed by atoms with Gasteiger partial charge in [0.05, 0.1) is 18.4 Å². The SMILES string of the molecule is COC(=O)[C@H](CC(=O)c1nccn1-c1ccccc1)[C@](C)(C=O)c1ccccc1. The van der Waals surface area contributed by atoms with Crippen LogP contribution in [0.5, 0.6) is 0 Å². The predicted octanol–water partition coefficient (Wildman–Crippen LogP) is 3.39. The fourth-order valence-electron chi connectivity index (χ4n) is 3.41. The van der Waals surface area contributed by atoms with Crippen molar-refractivity contribution in [3.63, 3.8) is 0 Å².